The fourth-order valence-corrected chi connectivity index (χ4v) is 3.29. The first-order valence-electron chi connectivity index (χ1n) is 9.54. The van der Waals surface area contributed by atoms with Gasteiger partial charge in [-0.3, -0.25) is 14.8 Å². The smallest absolute Gasteiger partial charge is 0.161 e. The van der Waals surface area contributed by atoms with Gasteiger partial charge in [-0.2, -0.15) is 0 Å². The largest absolute Gasteiger partial charge is 0.411 e. The van der Waals surface area contributed by atoms with Crippen LogP contribution in [0.1, 0.15) is 41.2 Å². The highest BCUT2D eigenvalue weighted by Gasteiger charge is 2.10. The fraction of sp³-hybridized carbons (Fsp3) is 0.167. The molecule has 5 nitrogen and oxygen atoms in total. The maximum absolute atomic E-state index is 13.5. The van der Waals surface area contributed by atoms with E-state index in [9.17, 15) is 13.6 Å². The average Bonchev–Trinajstić information content (AvgIpc) is 2.73. The normalized spacial score (nSPS) is 11.4. The predicted molar refractivity (Wildman–Crippen MR) is 117 cm³/mol. The van der Waals surface area contributed by atoms with Crippen LogP contribution in [0.25, 0.3) is 21.8 Å². The van der Waals surface area contributed by atoms with Gasteiger partial charge >= 0.3 is 0 Å². The van der Waals surface area contributed by atoms with Gasteiger partial charge in [-0.05, 0) is 64.1 Å². The Kier molecular flexibility index (Phi) is 6.34. The standard InChI is InChI=1S/C12H11FN2O.C12H10FNO/c1-7-9(8(2)15-16)6-10-11(13)4-3-5-12(10)14-7;1-7-9(8(2)15)6-10-11(13)4-3-5-12(10)14-7/h3-6,16H,1-2H3;3-6H,1-2H3/b15-8+;. The molecule has 0 aliphatic heterocycles. The van der Waals surface area contributed by atoms with Crippen molar-refractivity contribution >= 4 is 33.3 Å². The highest BCUT2D eigenvalue weighted by molar-refractivity contribution is 6.02. The summed E-state index contributed by atoms with van der Waals surface area (Å²) >= 11 is 0. The highest BCUT2D eigenvalue weighted by Crippen LogP contribution is 2.21. The number of rotatable bonds is 2. The molecular weight excluding hydrogens is 400 g/mol. The molecule has 0 saturated heterocycles. The maximum atomic E-state index is 13.5. The van der Waals surface area contributed by atoms with Crippen LogP contribution in [-0.2, 0) is 0 Å². The third-order valence-electron chi connectivity index (χ3n) is 4.91. The number of hydrogen-bond donors (Lipinski definition) is 1. The van der Waals surface area contributed by atoms with Gasteiger partial charge < -0.3 is 5.21 Å². The Morgan fingerprint density at radius 1 is 0.839 bits per heavy atom. The lowest BCUT2D eigenvalue weighted by atomic mass is 10.1. The molecule has 0 spiro atoms. The third kappa shape index (κ3) is 4.55. The number of aryl methyl sites for hydroxylation is 2. The van der Waals surface area contributed by atoms with Gasteiger partial charge in [0, 0.05) is 33.3 Å². The number of hydrogen-bond acceptors (Lipinski definition) is 5. The van der Waals surface area contributed by atoms with E-state index in [0.29, 0.717) is 50.0 Å². The Hall–Kier alpha value is -3.74. The molecule has 2 aromatic carbocycles. The van der Waals surface area contributed by atoms with Crippen molar-refractivity contribution in [3.8, 4) is 0 Å². The predicted octanol–water partition coefficient (Wildman–Crippen LogP) is 5.77. The van der Waals surface area contributed by atoms with Gasteiger partial charge in [-0.15, -0.1) is 0 Å². The molecule has 0 amide bonds. The molecule has 0 fully saturated rings. The Bertz CT molecular complexity index is 1330. The minimum Gasteiger partial charge on any atom is -0.411 e. The Balaban J connectivity index is 0.000000176. The number of pyridine rings is 2. The van der Waals surface area contributed by atoms with Gasteiger partial charge in [0.2, 0.25) is 0 Å². The number of Topliss-reactive ketones (excluding diaryl/α,β-unsaturated/α-hetero) is 1. The Labute approximate surface area is 178 Å². The summed E-state index contributed by atoms with van der Waals surface area (Å²) in [5, 5.41) is 12.7. The number of carbonyl (C=O) groups excluding carboxylic acids is 1. The second-order valence-corrected chi connectivity index (χ2v) is 7.10. The van der Waals surface area contributed by atoms with Crippen molar-refractivity contribution in [2.24, 2.45) is 5.16 Å². The average molecular weight is 421 g/mol. The molecule has 0 aliphatic rings. The molecule has 7 heteroatoms. The van der Waals surface area contributed by atoms with Crippen molar-refractivity contribution in [3.63, 3.8) is 0 Å². The lowest BCUT2D eigenvalue weighted by Gasteiger charge is -2.06. The van der Waals surface area contributed by atoms with E-state index in [4.69, 9.17) is 5.21 Å². The van der Waals surface area contributed by atoms with Crippen molar-refractivity contribution in [1.29, 1.82) is 0 Å². The molecule has 1 N–H and O–H groups in total. The first kappa shape index (κ1) is 22.0. The molecule has 0 bridgehead atoms. The SMILES string of the molecule is C/C(=N\O)c1cc2c(F)cccc2nc1C.CC(=O)c1cc2c(F)cccc2nc1C. The summed E-state index contributed by atoms with van der Waals surface area (Å²) < 4.78 is 26.9. The number of fused-ring (bicyclic) bond motifs is 2. The summed E-state index contributed by atoms with van der Waals surface area (Å²) in [6.45, 7) is 6.66. The van der Waals surface area contributed by atoms with Gasteiger partial charge in [-0.25, -0.2) is 8.78 Å². The zero-order valence-electron chi connectivity index (χ0n) is 17.6. The molecular formula is C24H21F2N3O2. The second-order valence-electron chi connectivity index (χ2n) is 7.10. The lowest BCUT2D eigenvalue weighted by molar-refractivity contribution is 0.101. The first-order valence-corrected chi connectivity index (χ1v) is 9.54. The summed E-state index contributed by atoms with van der Waals surface area (Å²) in [6.07, 6.45) is 0. The minimum absolute atomic E-state index is 0.0925. The third-order valence-corrected chi connectivity index (χ3v) is 4.91. The first-order chi connectivity index (χ1) is 14.7. The van der Waals surface area contributed by atoms with Gasteiger partial charge in [0.05, 0.1) is 16.7 Å². The van der Waals surface area contributed by atoms with Crippen LogP contribution in [0, 0.1) is 25.5 Å². The van der Waals surface area contributed by atoms with E-state index >= 15 is 0 Å². The van der Waals surface area contributed by atoms with Crippen LogP contribution in [0.15, 0.2) is 53.7 Å². The number of carbonyl (C=O) groups is 1. The zero-order chi connectivity index (χ0) is 22.7. The van der Waals surface area contributed by atoms with Crippen LogP contribution in [0.2, 0.25) is 0 Å². The quantitative estimate of drug-likeness (QED) is 0.193. The van der Waals surface area contributed by atoms with E-state index in [-0.39, 0.29) is 17.4 Å². The van der Waals surface area contributed by atoms with Crippen LogP contribution >= 0.6 is 0 Å². The van der Waals surface area contributed by atoms with E-state index in [1.165, 1.54) is 19.1 Å². The van der Waals surface area contributed by atoms with Crippen LogP contribution in [-0.4, -0.2) is 26.7 Å². The van der Waals surface area contributed by atoms with Gasteiger partial charge in [-0.1, -0.05) is 17.3 Å². The molecule has 0 radical (unpaired) electrons. The summed E-state index contributed by atoms with van der Waals surface area (Å²) in [7, 11) is 0. The maximum Gasteiger partial charge on any atom is 0.161 e. The van der Waals surface area contributed by atoms with Gasteiger partial charge in [0.15, 0.2) is 5.78 Å². The van der Waals surface area contributed by atoms with Gasteiger partial charge in [0.1, 0.15) is 11.6 Å². The van der Waals surface area contributed by atoms with E-state index in [2.05, 4.69) is 15.1 Å². The molecule has 0 atom stereocenters. The van der Waals surface area contributed by atoms with Crippen molar-refractivity contribution in [2.75, 3.05) is 0 Å². The van der Waals surface area contributed by atoms with Crippen LogP contribution in [0.3, 0.4) is 0 Å². The van der Waals surface area contributed by atoms with Crippen molar-refractivity contribution in [1.82, 2.24) is 9.97 Å². The van der Waals surface area contributed by atoms with Crippen LogP contribution in [0.5, 0.6) is 0 Å². The van der Waals surface area contributed by atoms with Crippen molar-refractivity contribution in [3.05, 3.63) is 82.7 Å². The second kappa shape index (κ2) is 8.95. The number of oxime groups is 1. The molecule has 0 unspecified atom stereocenters. The molecule has 4 rings (SSSR count). The highest BCUT2D eigenvalue weighted by atomic mass is 19.1. The summed E-state index contributed by atoms with van der Waals surface area (Å²) in [6, 6.07) is 12.7. The molecule has 2 heterocycles. The Morgan fingerprint density at radius 2 is 1.29 bits per heavy atom. The number of ketones is 1. The molecule has 0 saturated carbocycles. The monoisotopic (exact) mass is 421 g/mol. The minimum atomic E-state index is -0.345. The van der Waals surface area contributed by atoms with E-state index in [0.717, 1.165) is 0 Å². The van der Waals surface area contributed by atoms with Gasteiger partial charge in [0.25, 0.3) is 0 Å². The molecule has 158 valence electrons. The zero-order valence-corrected chi connectivity index (χ0v) is 17.6. The molecule has 0 aliphatic carbocycles. The fourth-order valence-electron chi connectivity index (χ4n) is 3.29. The summed E-state index contributed by atoms with van der Waals surface area (Å²) in [5.41, 5.74) is 4.10. The Morgan fingerprint density at radius 3 is 1.74 bits per heavy atom. The summed E-state index contributed by atoms with van der Waals surface area (Å²) in [4.78, 5) is 19.7. The lowest BCUT2D eigenvalue weighted by Crippen LogP contribution is -2.01. The molecule has 2 aromatic heterocycles. The number of aromatic nitrogens is 2. The van der Waals surface area contributed by atoms with E-state index in [1.54, 1.807) is 57.2 Å². The topological polar surface area (TPSA) is 75.4 Å². The molecule has 4 aromatic rings. The van der Waals surface area contributed by atoms with Crippen molar-refractivity contribution < 1.29 is 18.8 Å². The number of nitrogens with zero attached hydrogens (tertiary/aromatic N) is 3. The summed E-state index contributed by atoms with van der Waals surface area (Å²) in [5.74, 6) is -0.760. The van der Waals surface area contributed by atoms with Crippen LogP contribution < -0.4 is 0 Å². The number of benzene rings is 2. The molecule has 31 heavy (non-hydrogen) atoms. The van der Waals surface area contributed by atoms with Crippen molar-refractivity contribution in [2.45, 2.75) is 27.7 Å². The van der Waals surface area contributed by atoms with Crippen LogP contribution in [0.4, 0.5) is 8.78 Å². The number of halogens is 2. The van der Waals surface area contributed by atoms with E-state index < -0.39 is 0 Å². The van der Waals surface area contributed by atoms with E-state index in [1.807, 2.05) is 0 Å².